The van der Waals surface area contributed by atoms with E-state index in [1.807, 2.05) is 6.08 Å². The third kappa shape index (κ3) is 3.53. The number of hydrogen-bond acceptors (Lipinski definition) is 4. The van der Waals surface area contributed by atoms with Crippen LogP contribution in [-0.4, -0.2) is 24.0 Å². The normalized spacial score (nSPS) is 21.1. The maximum Gasteiger partial charge on any atom is 0.330 e. The molecule has 0 aliphatic heterocycles. The summed E-state index contributed by atoms with van der Waals surface area (Å²) in [5.41, 5.74) is 0.827. The smallest absolute Gasteiger partial charge is 0.330 e. The Morgan fingerprint density at radius 2 is 2.47 bits per heavy atom. The number of nitro groups is 1. The number of methoxy groups -OCH3 is 1. The molecule has 5 nitrogen and oxygen atoms in total. The van der Waals surface area contributed by atoms with Gasteiger partial charge in [-0.1, -0.05) is 12.2 Å². The maximum atomic E-state index is 10.8. The second kappa shape index (κ2) is 5.29. The van der Waals surface area contributed by atoms with Crippen molar-refractivity contribution in [3.05, 3.63) is 33.9 Å². The van der Waals surface area contributed by atoms with Crippen LogP contribution in [0.4, 0.5) is 0 Å². The van der Waals surface area contributed by atoms with Gasteiger partial charge in [0.15, 0.2) is 0 Å². The summed E-state index contributed by atoms with van der Waals surface area (Å²) in [6.07, 6.45) is 6.44. The Balaban J connectivity index is 2.57. The van der Waals surface area contributed by atoms with Gasteiger partial charge in [-0.05, 0) is 12.0 Å². The second-order valence-electron chi connectivity index (χ2n) is 3.36. The quantitative estimate of drug-likeness (QED) is 0.307. The van der Waals surface area contributed by atoms with Crippen molar-refractivity contribution in [2.24, 2.45) is 0 Å². The lowest BCUT2D eigenvalue weighted by atomic mass is 9.95. The highest BCUT2D eigenvalue weighted by Crippen LogP contribution is 2.21. The van der Waals surface area contributed by atoms with E-state index in [1.165, 1.54) is 13.2 Å². The molecule has 0 N–H and O–H groups in total. The van der Waals surface area contributed by atoms with Crippen molar-refractivity contribution >= 4 is 5.97 Å². The highest BCUT2D eigenvalue weighted by atomic mass is 16.6. The number of esters is 1. The van der Waals surface area contributed by atoms with Gasteiger partial charge in [-0.2, -0.15) is 0 Å². The zero-order chi connectivity index (χ0) is 11.3. The Bertz CT molecular complexity index is 319. The number of rotatable bonds is 3. The molecule has 1 aliphatic rings. The number of hydrogen-bond donors (Lipinski definition) is 0. The van der Waals surface area contributed by atoms with Gasteiger partial charge in [0.25, 0.3) is 0 Å². The molecule has 15 heavy (non-hydrogen) atoms. The molecule has 0 aromatic carbocycles. The van der Waals surface area contributed by atoms with E-state index in [-0.39, 0.29) is 4.92 Å². The Hall–Kier alpha value is -1.65. The standard InChI is InChI=1S/C10H13NO4/c1-15-10(12)6-5-8-3-2-4-9(7-8)11(13)14/h3,5-6,9H,2,4,7H2,1H3/b6-5+. The molecule has 0 bridgehead atoms. The lowest BCUT2D eigenvalue weighted by Gasteiger charge is -2.13. The number of nitrogens with zero attached hydrogens (tertiary/aromatic N) is 1. The third-order valence-corrected chi connectivity index (χ3v) is 2.31. The van der Waals surface area contributed by atoms with E-state index in [2.05, 4.69) is 4.74 Å². The minimum Gasteiger partial charge on any atom is -0.466 e. The first-order valence-electron chi connectivity index (χ1n) is 4.72. The van der Waals surface area contributed by atoms with Crippen molar-refractivity contribution in [3.8, 4) is 0 Å². The Labute approximate surface area is 87.6 Å². The van der Waals surface area contributed by atoms with Crippen LogP contribution in [0, 0.1) is 10.1 Å². The van der Waals surface area contributed by atoms with E-state index in [1.54, 1.807) is 6.08 Å². The first-order chi connectivity index (χ1) is 7.13. The van der Waals surface area contributed by atoms with Gasteiger partial charge in [0.05, 0.1) is 7.11 Å². The summed E-state index contributed by atoms with van der Waals surface area (Å²) in [6, 6.07) is -0.521. The molecule has 0 radical (unpaired) electrons. The van der Waals surface area contributed by atoms with Crippen molar-refractivity contribution in [2.75, 3.05) is 7.11 Å². The van der Waals surface area contributed by atoms with E-state index in [0.29, 0.717) is 19.3 Å². The van der Waals surface area contributed by atoms with Crippen LogP contribution in [0.5, 0.6) is 0 Å². The molecule has 1 aliphatic carbocycles. The van der Waals surface area contributed by atoms with Crippen LogP contribution >= 0.6 is 0 Å². The highest BCUT2D eigenvalue weighted by Gasteiger charge is 2.23. The van der Waals surface area contributed by atoms with Crippen molar-refractivity contribution in [1.29, 1.82) is 0 Å². The summed E-state index contributed by atoms with van der Waals surface area (Å²) in [6.45, 7) is 0. The minimum atomic E-state index is -0.521. The summed E-state index contributed by atoms with van der Waals surface area (Å²) in [5.74, 6) is -0.445. The van der Waals surface area contributed by atoms with Crippen LogP contribution in [0.15, 0.2) is 23.8 Å². The van der Waals surface area contributed by atoms with Gasteiger partial charge in [-0.15, -0.1) is 0 Å². The van der Waals surface area contributed by atoms with Crippen LogP contribution in [0.3, 0.4) is 0 Å². The summed E-state index contributed by atoms with van der Waals surface area (Å²) in [5, 5.41) is 10.6. The minimum absolute atomic E-state index is 0.265. The molecular weight excluding hydrogens is 198 g/mol. The van der Waals surface area contributed by atoms with Crippen LogP contribution in [0.2, 0.25) is 0 Å². The molecule has 0 spiro atoms. The summed E-state index contributed by atoms with van der Waals surface area (Å²) >= 11 is 0. The van der Waals surface area contributed by atoms with E-state index >= 15 is 0 Å². The van der Waals surface area contributed by atoms with Crippen molar-refractivity contribution in [1.82, 2.24) is 0 Å². The summed E-state index contributed by atoms with van der Waals surface area (Å²) in [4.78, 5) is 21.1. The van der Waals surface area contributed by atoms with Gasteiger partial charge in [0.2, 0.25) is 6.04 Å². The van der Waals surface area contributed by atoms with Crippen LogP contribution < -0.4 is 0 Å². The molecule has 5 heteroatoms. The van der Waals surface area contributed by atoms with E-state index in [0.717, 1.165) is 5.57 Å². The molecule has 1 rings (SSSR count). The van der Waals surface area contributed by atoms with Gasteiger partial charge in [0, 0.05) is 23.8 Å². The van der Waals surface area contributed by atoms with Crippen molar-refractivity contribution < 1.29 is 14.5 Å². The number of ether oxygens (including phenoxy) is 1. The lowest BCUT2D eigenvalue weighted by molar-refractivity contribution is -0.523. The molecule has 82 valence electrons. The number of carbonyl (C=O) groups is 1. The molecule has 0 aromatic rings. The molecule has 0 fully saturated rings. The average Bonchev–Trinajstić information content (AvgIpc) is 2.26. The lowest BCUT2D eigenvalue weighted by Crippen LogP contribution is -2.21. The van der Waals surface area contributed by atoms with Gasteiger partial charge in [-0.3, -0.25) is 10.1 Å². The first kappa shape index (κ1) is 11.4. The third-order valence-electron chi connectivity index (χ3n) is 2.31. The number of allylic oxidation sites excluding steroid dienone is 2. The van der Waals surface area contributed by atoms with Gasteiger partial charge in [0.1, 0.15) is 0 Å². The highest BCUT2D eigenvalue weighted by molar-refractivity contribution is 5.82. The van der Waals surface area contributed by atoms with Crippen LogP contribution in [0.1, 0.15) is 19.3 Å². The van der Waals surface area contributed by atoms with Gasteiger partial charge >= 0.3 is 5.97 Å². The molecule has 1 unspecified atom stereocenters. The summed E-state index contributed by atoms with van der Waals surface area (Å²) < 4.78 is 4.43. The molecule has 0 amide bonds. The monoisotopic (exact) mass is 211 g/mol. The van der Waals surface area contributed by atoms with Gasteiger partial charge < -0.3 is 4.74 Å². The molecular formula is C10H13NO4. The predicted molar refractivity (Wildman–Crippen MR) is 53.9 cm³/mol. The fraction of sp³-hybridized carbons (Fsp3) is 0.500. The molecule has 0 saturated heterocycles. The average molecular weight is 211 g/mol. The second-order valence-corrected chi connectivity index (χ2v) is 3.36. The van der Waals surface area contributed by atoms with E-state index in [9.17, 15) is 14.9 Å². The Morgan fingerprint density at radius 3 is 3.07 bits per heavy atom. The van der Waals surface area contributed by atoms with Gasteiger partial charge in [-0.25, -0.2) is 4.79 Å². The van der Waals surface area contributed by atoms with Crippen LogP contribution in [0.25, 0.3) is 0 Å². The molecule has 0 saturated carbocycles. The van der Waals surface area contributed by atoms with Crippen LogP contribution in [-0.2, 0) is 9.53 Å². The summed E-state index contributed by atoms with van der Waals surface area (Å²) in [7, 11) is 1.29. The topological polar surface area (TPSA) is 69.4 Å². The molecule has 0 heterocycles. The van der Waals surface area contributed by atoms with E-state index in [4.69, 9.17) is 0 Å². The fourth-order valence-corrected chi connectivity index (χ4v) is 1.48. The Morgan fingerprint density at radius 1 is 1.73 bits per heavy atom. The van der Waals surface area contributed by atoms with E-state index < -0.39 is 12.0 Å². The number of carbonyl (C=O) groups excluding carboxylic acids is 1. The molecule has 0 aromatic heterocycles. The zero-order valence-electron chi connectivity index (χ0n) is 8.51. The zero-order valence-corrected chi connectivity index (χ0v) is 8.51. The molecule has 1 atom stereocenters. The maximum absolute atomic E-state index is 10.8. The largest absolute Gasteiger partial charge is 0.466 e. The van der Waals surface area contributed by atoms with Crippen molar-refractivity contribution in [3.63, 3.8) is 0 Å². The fourth-order valence-electron chi connectivity index (χ4n) is 1.48. The van der Waals surface area contributed by atoms with Crippen molar-refractivity contribution in [2.45, 2.75) is 25.3 Å². The Kier molecular flexibility index (Phi) is 4.03. The predicted octanol–water partition coefficient (Wildman–Crippen LogP) is 1.47. The first-order valence-corrected chi connectivity index (χ1v) is 4.72. The SMILES string of the molecule is COC(=O)/C=C/C1=CCCC([N+](=O)[O-])C1.